The highest BCUT2D eigenvalue weighted by molar-refractivity contribution is 5.77. The molecule has 0 aromatic heterocycles. The van der Waals surface area contributed by atoms with E-state index in [0.29, 0.717) is 19.3 Å². The molecule has 0 saturated carbocycles. The van der Waals surface area contributed by atoms with Crippen LogP contribution in [0.3, 0.4) is 0 Å². The SMILES string of the molecule is CCCCCCCCCCCCCCCCCCCCCCCCCCCCCCCCCCCCCCCCCC(=O)NC(COC1OC(CO)C(OC2OC(CO)C(O)C(OC3(C(=O)O)CC(O)C(NC(C)=O)C(C(O)C(O)CO)O3)C2O)C(O)C1O)C(O)CCCCCCCCCCCCCCCCCCCCCCCCCC. The van der Waals surface area contributed by atoms with Gasteiger partial charge in [-0.1, -0.05) is 412 Å². The van der Waals surface area contributed by atoms with Crippen molar-refractivity contribution in [3.05, 3.63) is 0 Å². The monoisotopic (exact) mass is 1670 g/mol. The van der Waals surface area contributed by atoms with Crippen molar-refractivity contribution in [2.24, 2.45) is 0 Å². The van der Waals surface area contributed by atoms with Crippen LogP contribution in [0.5, 0.6) is 0 Å². The van der Waals surface area contributed by atoms with Gasteiger partial charge in [0.2, 0.25) is 11.8 Å². The fraction of sp³-hybridized carbons (Fsp3) is 0.968. The number of carboxylic acids is 1. The summed E-state index contributed by atoms with van der Waals surface area (Å²) in [6.45, 7) is 2.31. The number of nitrogens with one attached hydrogen (secondary N) is 2. The van der Waals surface area contributed by atoms with Gasteiger partial charge in [0, 0.05) is 19.8 Å². The molecule has 3 fully saturated rings. The Morgan fingerprint density at radius 2 is 0.744 bits per heavy atom. The highest BCUT2D eigenvalue weighted by Crippen LogP contribution is 2.39. The van der Waals surface area contributed by atoms with Gasteiger partial charge in [0.1, 0.15) is 67.1 Å². The van der Waals surface area contributed by atoms with Crippen molar-refractivity contribution in [1.29, 1.82) is 0 Å². The quantitative estimate of drug-likeness (QED) is 0.0252. The maximum absolute atomic E-state index is 13.6. The fourth-order valence-corrected chi connectivity index (χ4v) is 17.4. The van der Waals surface area contributed by atoms with E-state index >= 15 is 0 Å². The Bertz CT molecular complexity index is 2300. The van der Waals surface area contributed by atoms with Crippen molar-refractivity contribution in [1.82, 2.24) is 10.6 Å². The maximum Gasteiger partial charge on any atom is 0.364 e. The van der Waals surface area contributed by atoms with Gasteiger partial charge < -0.3 is 100 Å². The first-order chi connectivity index (χ1) is 56.9. The van der Waals surface area contributed by atoms with Gasteiger partial charge in [-0.15, -0.1) is 0 Å². The van der Waals surface area contributed by atoms with Crippen LogP contribution in [0.1, 0.15) is 445 Å². The number of carboxylic acid groups (broad SMARTS) is 1. The molecule has 3 rings (SSSR count). The lowest BCUT2D eigenvalue weighted by Gasteiger charge is -2.50. The molecule has 692 valence electrons. The van der Waals surface area contributed by atoms with Crippen molar-refractivity contribution in [3.8, 4) is 0 Å². The molecule has 0 aromatic carbocycles. The zero-order valence-electron chi connectivity index (χ0n) is 74.4. The lowest BCUT2D eigenvalue weighted by Crippen LogP contribution is -2.70. The lowest BCUT2D eigenvalue weighted by atomic mass is 9.88. The van der Waals surface area contributed by atoms with Crippen LogP contribution in [0.15, 0.2) is 0 Å². The predicted octanol–water partition coefficient (Wildman–Crippen LogP) is 17.0. The van der Waals surface area contributed by atoms with E-state index in [2.05, 4.69) is 24.5 Å². The minimum Gasteiger partial charge on any atom is -0.477 e. The molecule has 23 nitrogen and oxygen atoms in total. The molecule has 18 atom stereocenters. The molecule has 0 aromatic rings. The third-order valence-corrected chi connectivity index (χ3v) is 25.1. The van der Waals surface area contributed by atoms with Gasteiger partial charge >= 0.3 is 5.97 Å². The van der Waals surface area contributed by atoms with E-state index in [1.54, 1.807) is 0 Å². The van der Waals surface area contributed by atoms with E-state index in [9.17, 15) is 75.7 Å². The number of unbranched alkanes of at least 4 members (excludes halogenated alkanes) is 61. The van der Waals surface area contributed by atoms with E-state index in [-0.39, 0.29) is 18.9 Å². The Kier molecular flexibility index (Phi) is 67.0. The number of aliphatic hydroxyl groups is 11. The Morgan fingerprint density at radius 3 is 1.07 bits per heavy atom. The third-order valence-electron chi connectivity index (χ3n) is 25.1. The van der Waals surface area contributed by atoms with Crippen LogP contribution in [0, 0.1) is 0 Å². The van der Waals surface area contributed by atoms with Gasteiger partial charge in [0.25, 0.3) is 5.79 Å². The Hall–Kier alpha value is -2.27. The minimum absolute atomic E-state index is 0.230. The van der Waals surface area contributed by atoms with Gasteiger partial charge in [-0.25, -0.2) is 4.79 Å². The second kappa shape index (κ2) is 71.9. The van der Waals surface area contributed by atoms with Crippen LogP contribution in [0.2, 0.25) is 0 Å². The number of hydrogen-bond acceptors (Lipinski definition) is 20. The number of aliphatic hydroxyl groups excluding tert-OH is 11. The highest BCUT2D eigenvalue weighted by Gasteiger charge is 2.60. The minimum atomic E-state index is -3.08. The zero-order chi connectivity index (χ0) is 85.2. The fourth-order valence-electron chi connectivity index (χ4n) is 17.4. The average molecular weight is 1670 g/mol. The number of amides is 2. The zero-order valence-corrected chi connectivity index (χ0v) is 74.4. The topological polar surface area (TPSA) is 373 Å². The molecule has 3 aliphatic heterocycles. The van der Waals surface area contributed by atoms with Gasteiger partial charge in [-0.3, -0.25) is 9.59 Å². The van der Waals surface area contributed by atoms with Crippen LogP contribution in [0.4, 0.5) is 0 Å². The Morgan fingerprint density at radius 1 is 0.410 bits per heavy atom. The summed E-state index contributed by atoms with van der Waals surface area (Å²) in [4.78, 5) is 38.9. The summed E-state index contributed by atoms with van der Waals surface area (Å²) in [5.41, 5.74) is 0. The molecule has 117 heavy (non-hydrogen) atoms. The summed E-state index contributed by atoms with van der Waals surface area (Å²) in [6, 6.07) is -2.53. The van der Waals surface area contributed by atoms with Crippen LogP contribution in [0.25, 0.3) is 0 Å². The number of rotatable bonds is 81. The number of ether oxygens (including phenoxy) is 6. The van der Waals surface area contributed by atoms with Crippen LogP contribution in [-0.4, -0.2) is 215 Å². The molecule has 3 heterocycles. The average Bonchev–Trinajstić information content (AvgIpc) is 0.751. The summed E-state index contributed by atoms with van der Waals surface area (Å²) >= 11 is 0. The van der Waals surface area contributed by atoms with E-state index in [1.165, 1.54) is 347 Å². The standard InChI is InChI=1S/C94H180N2O21/c1-4-6-8-10-12-14-16-18-20-22-24-26-28-30-31-32-33-34-35-36-37-38-39-40-41-42-43-44-46-48-50-52-54-56-58-60-62-64-66-68-81(104)96-75(76(101)67-65-63-61-59-57-55-53-51-49-47-45-29-27-25-23-21-19-17-15-13-11-9-7-5-2)73-112-91-86(108)85(107)88(80(72-99)114-91)115-92-87(109)90(84(106)79(71-98)113-92)117-94(93(110)111)69-77(102)82(95-74(3)100)89(116-94)83(105)78(103)70-97/h75-80,82-92,97-99,101-103,105-109H,4-73H2,1-3H3,(H,95,100)(H,96,104)(H,110,111). The smallest absolute Gasteiger partial charge is 0.364 e. The first-order valence-corrected chi connectivity index (χ1v) is 48.9. The van der Waals surface area contributed by atoms with E-state index in [4.69, 9.17) is 28.4 Å². The van der Waals surface area contributed by atoms with E-state index in [1.807, 2.05) is 0 Å². The lowest BCUT2D eigenvalue weighted by molar-refractivity contribution is -0.386. The van der Waals surface area contributed by atoms with Crippen LogP contribution < -0.4 is 10.6 Å². The highest BCUT2D eigenvalue weighted by atomic mass is 16.8. The first kappa shape index (κ1) is 109. The van der Waals surface area contributed by atoms with E-state index < -0.39 is 148 Å². The second-order valence-electron chi connectivity index (χ2n) is 35.7. The van der Waals surface area contributed by atoms with Crippen molar-refractivity contribution in [2.75, 3.05) is 26.4 Å². The first-order valence-electron chi connectivity index (χ1n) is 48.9. The molecule has 3 saturated heterocycles. The second-order valence-corrected chi connectivity index (χ2v) is 35.7. The Balaban J connectivity index is 1.38. The number of carbonyl (C=O) groups excluding carboxylic acids is 2. The summed E-state index contributed by atoms with van der Waals surface area (Å²) in [5.74, 6) is -6.08. The van der Waals surface area contributed by atoms with Gasteiger partial charge in [-0.05, 0) is 12.8 Å². The summed E-state index contributed by atoms with van der Waals surface area (Å²) in [6.07, 6.45) is 54.2. The van der Waals surface area contributed by atoms with E-state index in [0.717, 1.165) is 51.9 Å². The largest absolute Gasteiger partial charge is 0.477 e. The maximum atomic E-state index is 13.6. The molecule has 0 radical (unpaired) electrons. The predicted molar refractivity (Wildman–Crippen MR) is 463 cm³/mol. The van der Waals surface area contributed by atoms with Gasteiger partial charge in [0.15, 0.2) is 12.6 Å². The molecule has 3 aliphatic rings. The molecule has 0 aliphatic carbocycles. The number of carbonyl (C=O) groups is 3. The third kappa shape index (κ3) is 49.9. The summed E-state index contributed by atoms with van der Waals surface area (Å²) < 4.78 is 35.1. The van der Waals surface area contributed by atoms with Gasteiger partial charge in [-0.2, -0.15) is 0 Å². The molecule has 0 bridgehead atoms. The van der Waals surface area contributed by atoms with Gasteiger partial charge in [0.05, 0.1) is 50.7 Å². The molecular weight excluding hydrogens is 1490 g/mol. The summed E-state index contributed by atoms with van der Waals surface area (Å²) in [5, 5.41) is 137. The van der Waals surface area contributed by atoms with Crippen LogP contribution >= 0.6 is 0 Å². The molecule has 0 spiro atoms. The van der Waals surface area contributed by atoms with Crippen molar-refractivity contribution < 1.29 is 104 Å². The molecule has 18 unspecified atom stereocenters. The van der Waals surface area contributed by atoms with Crippen LogP contribution in [-0.2, 0) is 42.8 Å². The molecule has 23 heteroatoms. The number of aliphatic carboxylic acids is 1. The summed E-state index contributed by atoms with van der Waals surface area (Å²) in [7, 11) is 0. The molecule has 2 amide bonds. The van der Waals surface area contributed by atoms with Crippen molar-refractivity contribution in [3.63, 3.8) is 0 Å². The molecular formula is C94H180N2O21. The van der Waals surface area contributed by atoms with Crippen molar-refractivity contribution in [2.45, 2.75) is 554 Å². The normalized spacial score (nSPS) is 24.7. The van der Waals surface area contributed by atoms with Crippen molar-refractivity contribution >= 4 is 17.8 Å². The molecule has 14 N–H and O–H groups in total. The number of hydrogen-bond donors (Lipinski definition) is 14. The Labute approximate surface area is 709 Å².